The average Bonchev–Trinajstić information content (AvgIpc) is 3.21. The van der Waals surface area contributed by atoms with Gasteiger partial charge in [0, 0.05) is 48.1 Å². The van der Waals surface area contributed by atoms with E-state index >= 15 is 0 Å². The molecule has 0 aliphatic carbocycles. The zero-order valence-corrected chi connectivity index (χ0v) is 14.2. The van der Waals surface area contributed by atoms with Crippen molar-refractivity contribution in [1.82, 2.24) is 24.4 Å². The molecule has 1 aromatic carbocycles. The third kappa shape index (κ3) is 2.63. The van der Waals surface area contributed by atoms with Gasteiger partial charge in [-0.05, 0) is 18.2 Å². The Hall–Kier alpha value is -2.80. The summed E-state index contributed by atoms with van der Waals surface area (Å²) in [4.78, 5) is 4.49. The lowest BCUT2D eigenvalue weighted by atomic mass is 10.1. The molecule has 24 heavy (non-hydrogen) atoms. The molecule has 7 heteroatoms. The number of nitrogens with zero attached hydrogens (tertiary/aromatic N) is 5. The molecule has 0 saturated heterocycles. The summed E-state index contributed by atoms with van der Waals surface area (Å²) in [6.45, 7) is 0. The van der Waals surface area contributed by atoms with Crippen molar-refractivity contribution in [3.63, 3.8) is 0 Å². The molecule has 1 N–H and O–H groups in total. The Morgan fingerprint density at radius 2 is 1.83 bits per heavy atom. The molecule has 0 bridgehead atoms. The molecular weight excluding hydrogens is 320 g/mol. The van der Waals surface area contributed by atoms with E-state index in [9.17, 15) is 0 Å². The van der Waals surface area contributed by atoms with Gasteiger partial charge in [-0.15, -0.1) is 0 Å². The molecule has 4 aromatic rings. The number of hydrogen-bond acceptors (Lipinski definition) is 5. The van der Waals surface area contributed by atoms with E-state index in [1.165, 1.54) is 0 Å². The summed E-state index contributed by atoms with van der Waals surface area (Å²) in [6, 6.07) is 10.3. The Balaban J connectivity index is 1.79. The fraction of sp³-hybridized carbons (Fsp3) is 0.118. The summed E-state index contributed by atoms with van der Waals surface area (Å²) in [6.07, 6.45) is 9.43. The predicted molar refractivity (Wildman–Crippen MR) is 97.8 cm³/mol. The largest absolute Gasteiger partial charge is 0.330 e. The van der Waals surface area contributed by atoms with Gasteiger partial charge in [-0.3, -0.25) is 4.68 Å². The zero-order valence-electron chi connectivity index (χ0n) is 13.3. The van der Waals surface area contributed by atoms with Crippen molar-refractivity contribution in [3.05, 3.63) is 55.2 Å². The Labute approximate surface area is 143 Å². The van der Waals surface area contributed by atoms with Gasteiger partial charge in [-0.2, -0.15) is 10.2 Å². The summed E-state index contributed by atoms with van der Waals surface area (Å²) < 4.78 is 6.87. The summed E-state index contributed by atoms with van der Waals surface area (Å²) in [5, 5.41) is 8.56. The number of hydrogen-bond donors (Lipinski definition) is 1. The molecule has 0 fully saturated rings. The van der Waals surface area contributed by atoms with Crippen molar-refractivity contribution in [2.24, 2.45) is 7.05 Å². The lowest BCUT2D eigenvalue weighted by molar-refractivity contribution is 0.768. The second-order valence-electron chi connectivity index (χ2n) is 5.45. The van der Waals surface area contributed by atoms with E-state index < -0.39 is 0 Å². The highest BCUT2D eigenvalue weighted by atomic mass is 32.2. The number of rotatable bonds is 4. The quantitative estimate of drug-likeness (QED) is 0.578. The van der Waals surface area contributed by atoms with E-state index in [0.29, 0.717) is 0 Å². The molecule has 6 nitrogen and oxygen atoms in total. The van der Waals surface area contributed by atoms with Gasteiger partial charge in [0.25, 0.3) is 0 Å². The lowest BCUT2D eigenvalue weighted by Gasteiger charge is -2.05. The van der Waals surface area contributed by atoms with Gasteiger partial charge in [0.2, 0.25) is 0 Å². The predicted octanol–water partition coefficient (Wildman–Crippen LogP) is 3.49. The summed E-state index contributed by atoms with van der Waals surface area (Å²) >= 11 is 1.57. The summed E-state index contributed by atoms with van der Waals surface area (Å²) in [7, 11) is 1.91. The third-order valence-corrected chi connectivity index (χ3v) is 4.26. The van der Waals surface area contributed by atoms with E-state index in [4.69, 9.17) is 0 Å². The van der Waals surface area contributed by atoms with E-state index in [1.54, 1.807) is 23.0 Å². The number of aromatic nitrogens is 5. The Bertz CT molecular complexity index is 986. The van der Waals surface area contributed by atoms with Crippen molar-refractivity contribution in [3.8, 4) is 22.4 Å². The maximum absolute atomic E-state index is 4.49. The van der Waals surface area contributed by atoms with Crippen molar-refractivity contribution in [2.45, 2.75) is 0 Å². The SMILES string of the molecule is CSNc1ccc(-c2ncnn3cc(-c4cnn(C)c4)cc23)cc1. The molecule has 0 radical (unpaired) electrons. The lowest BCUT2D eigenvalue weighted by Crippen LogP contribution is -1.94. The first kappa shape index (κ1) is 14.8. The average molecular weight is 336 g/mol. The monoisotopic (exact) mass is 336 g/mol. The van der Waals surface area contributed by atoms with E-state index in [-0.39, 0.29) is 0 Å². The van der Waals surface area contributed by atoms with Crippen LogP contribution in [0.25, 0.3) is 27.9 Å². The van der Waals surface area contributed by atoms with Crippen LogP contribution in [0.2, 0.25) is 0 Å². The second-order valence-corrected chi connectivity index (χ2v) is 6.07. The molecule has 0 amide bonds. The van der Waals surface area contributed by atoms with Crippen LogP contribution in [0.1, 0.15) is 0 Å². The smallest absolute Gasteiger partial charge is 0.137 e. The number of nitrogens with one attached hydrogen (secondary N) is 1. The van der Waals surface area contributed by atoms with Crippen LogP contribution < -0.4 is 4.72 Å². The van der Waals surface area contributed by atoms with Crippen LogP contribution in [-0.4, -0.2) is 30.6 Å². The molecule has 0 aliphatic heterocycles. The molecule has 120 valence electrons. The van der Waals surface area contributed by atoms with Crippen LogP contribution >= 0.6 is 11.9 Å². The Kier molecular flexibility index (Phi) is 3.70. The standard InChI is InChI=1S/C17H16N6S/c1-22-9-14(8-19-22)13-7-16-17(18-11-20-23(16)10-13)12-3-5-15(6-4-12)21-24-2/h3-11,21H,1-2H3. The third-order valence-electron chi connectivity index (χ3n) is 3.82. The molecule has 0 atom stereocenters. The van der Waals surface area contributed by atoms with Crippen molar-refractivity contribution in [2.75, 3.05) is 11.0 Å². The first-order valence-corrected chi connectivity index (χ1v) is 8.69. The van der Waals surface area contributed by atoms with Crippen LogP contribution in [0, 0.1) is 0 Å². The molecular formula is C17H16N6S. The Morgan fingerprint density at radius 1 is 1.00 bits per heavy atom. The molecule has 3 heterocycles. The van der Waals surface area contributed by atoms with Gasteiger partial charge in [0.1, 0.15) is 6.33 Å². The van der Waals surface area contributed by atoms with E-state index in [2.05, 4.69) is 50.2 Å². The first-order chi connectivity index (χ1) is 11.7. The number of anilines is 1. The van der Waals surface area contributed by atoms with E-state index in [0.717, 1.165) is 33.6 Å². The Morgan fingerprint density at radius 3 is 2.54 bits per heavy atom. The van der Waals surface area contributed by atoms with Gasteiger partial charge in [0.15, 0.2) is 0 Å². The highest BCUT2D eigenvalue weighted by Crippen LogP contribution is 2.28. The number of benzene rings is 1. The fourth-order valence-corrected chi connectivity index (χ4v) is 3.07. The highest BCUT2D eigenvalue weighted by molar-refractivity contribution is 7.99. The minimum absolute atomic E-state index is 0.913. The van der Waals surface area contributed by atoms with Crippen molar-refractivity contribution in [1.29, 1.82) is 0 Å². The first-order valence-electron chi connectivity index (χ1n) is 7.46. The van der Waals surface area contributed by atoms with Gasteiger partial charge >= 0.3 is 0 Å². The molecule has 0 unspecified atom stereocenters. The van der Waals surface area contributed by atoms with Crippen LogP contribution in [0.5, 0.6) is 0 Å². The fourth-order valence-electron chi connectivity index (χ4n) is 2.69. The summed E-state index contributed by atoms with van der Waals surface area (Å²) in [5.74, 6) is 0. The minimum Gasteiger partial charge on any atom is -0.330 e. The summed E-state index contributed by atoms with van der Waals surface area (Å²) in [5.41, 5.74) is 6.16. The van der Waals surface area contributed by atoms with Gasteiger partial charge in [0.05, 0.1) is 17.4 Å². The van der Waals surface area contributed by atoms with Crippen molar-refractivity contribution >= 4 is 23.2 Å². The van der Waals surface area contributed by atoms with Crippen LogP contribution in [0.15, 0.2) is 55.2 Å². The van der Waals surface area contributed by atoms with Crippen molar-refractivity contribution < 1.29 is 0 Å². The molecule has 3 aromatic heterocycles. The minimum atomic E-state index is 0.913. The van der Waals surface area contributed by atoms with Crippen LogP contribution in [0.3, 0.4) is 0 Å². The molecule has 0 aliphatic rings. The number of fused-ring (bicyclic) bond motifs is 1. The van der Waals surface area contributed by atoms with Gasteiger partial charge in [-0.25, -0.2) is 9.50 Å². The topological polar surface area (TPSA) is 60.0 Å². The number of aryl methyl sites for hydroxylation is 1. The van der Waals surface area contributed by atoms with Crippen LogP contribution in [0.4, 0.5) is 5.69 Å². The van der Waals surface area contributed by atoms with E-state index in [1.807, 2.05) is 36.4 Å². The van der Waals surface area contributed by atoms with Gasteiger partial charge in [-0.1, -0.05) is 24.1 Å². The molecule has 0 spiro atoms. The van der Waals surface area contributed by atoms with Gasteiger partial charge < -0.3 is 4.72 Å². The van der Waals surface area contributed by atoms with Crippen LogP contribution in [-0.2, 0) is 7.05 Å². The highest BCUT2D eigenvalue weighted by Gasteiger charge is 2.11. The normalized spacial score (nSPS) is 11.1. The second kappa shape index (κ2) is 6.01. The maximum Gasteiger partial charge on any atom is 0.137 e. The zero-order chi connectivity index (χ0) is 16.5. The molecule has 0 saturated carbocycles. The maximum atomic E-state index is 4.49. The molecule has 4 rings (SSSR count).